The number of nitrogens with zero attached hydrogens (tertiary/aromatic N) is 1. The number of hydrogen-bond acceptors (Lipinski definition) is 8. The number of benzene rings is 1. The largest absolute Gasteiger partial charge is 0.461 e. The summed E-state index contributed by atoms with van der Waals surface area (Å²) in [6, 6.07) is 17.8. The zero-order chi connectivity index (χ0) is 35.5. The minimum atomic E-state index is -1.01. The van der Waals surface area contributed by atoms with Crippen molar-refractivity contribution in [1.82, 2.24) is 4.90 Å². The van der Waals surface area contributed by atoms with Gasteiger partial charge in [0.15, 0.2) is 5.76 Å². The maximum Gasteiger partial charge on any atom is 0.224 e. The van der Waals surface area contributed by atoms with Crippen molar-refractivity contribution in [2.45, 2.75) is 89.6 Å². The lowest BCUT2D eigenvalue weighted by Crippen LogP contribution is -2.67. The Labute approximate surface area is 306 Å². The number of ketones is 1. The van der Waals surface area contributed by atoms with Crippen LogP contribution in [-0.4, -0.2) is 70.1 Å². The van der Waals surface area contributed by atoms with Gasteiger partial charge in [0, 0.05) is 46.3 Å². The van der Waals surface area contributed by atoms with Gasteiger partial charge in [0.1, 0.15) is 0 Å². The second kappa shape index (κ2) is 13.2. The van der Waals surface area contributed by atoms with E-state index in [0.29, 0.717) is 38.3 Å². The second-order valence-corrected chi connectivity index (χ2v) is 17.9. The minimum Gasteiger partial charge on any atom is -0.461 e. The number of rotatable bonds is 13. The molecule has 272 valence electrons. The Hall–Kier alpha value is -2.85. The Morgan fingerprint density at radius 1 is 1.00 bits per heavy atom. The number of furan rings is 1. The third kappa shape index (κ3) is 5.67. The van der Waals surface area contributed by atoms with E-state index in [4.69, 9.17) is 9.15 Å². The maximum absolute atomic E-state index is 14.5. The Bertz CT molecular complexity index is 1760. The smallest absolute Gasteiger partial charge is 0.224 e. The zero-order valence-corrected chi connectivity index (χ0v) is 30.8. The third-order valence-electron chi connectivity index (χ3n) is 14.3. The van der Waals surface area contributed by atoms with Crippen molar-refractivity contribution in [1.29, 1.82) is 0 Å². The first-order chi connectivity index (χ1) is 24.5. The molecule has 9 rings (SSSR count). The van der Waals surface area contributed by atoms with Gasteiger partial charge in [-0.3, -0.25) is 9.69 Å². The van der Waals surface area contributed by atoms with Crippen molar-refractivity contribution in [3.8, 4) is 0 Å². The van der Waals surface area contributed by atoms with Crippen LogP contribution in [0.4, 0.5) is 0 Å². The average molecular weight is 712 g/mol. The Morgan fingerprint density at radius 3 is 2.55 bits per heavy atom. The highest BCUT2D eigenvalue weighted by molar-refractivity contribution is 7.09. The molecule has 6 aliphatic carbocycles. The van der Waals surface area contributed by atoms with E-state index in [1.165, 1.54) is 4.88 Å². The summed E-state index contributed by atoms with van der Waals surface area (Å²) in [5.74, 6) is 0.566. The second-order valence-electron chi connectivity index (χ2n) is 16.8. The molecule has 6 aliphatic rings. The van der Waals surface area contributed by atoms with Crippen molar-refractivity contribution >= 4 is 17.1 Å². The van der Waals surface area contributed by atoms with E-state index in [-0.39, 0.29) is 35.1 Å². The molecule has 1 unspecified atom stereocenters. The third-order valence-corrected chi connectivity index (χ3v) is 15.3. The molecule has 2 spiro atoms. The van der Waals surface area contributed by atoms with E-state index in [0.717, 1.165) is 56.2 Å². The molecule has 1 aromatic carbocycles. The summed E-state index contributed by atoms with van der Waals surface area (Å²) in [6.07, 6.45) is 13.8. The van der Waals surface area contributed by atoms with Crippen LogP contribution in [0.5, 0.6) is 0 Å². The standard InChI is InChI=1S/C43H53NO6S/c1-39-16-12-31(45)24-41(39)19-20-43(34(25-41)38(47)35-11-6-22-50-35)36(39)13-17-40(2)37(43)14-18-42(40,48)29-44(21-15-33-10-7-23-51-33)26-32(46)28-49-27-30-8-4-3-5-9-30/h3-11,19-20,22-23,25,31-32,36-37,45-46,48H,12-18,21,24,26-29H2,1-2H3/t31?,32-,36-,37-,39-,40+,41+,42-,43-/m1/s1. The monoisotopic (exact) mass is 711 g/mol. The summed E-state index contributed by atoms with van der Waals surface area (Å²) in [5, 5.41) is 37.4. The quantitative estimate of drug-likeness (QED) is 0.127. The van der Waals surface area contributed by atoms with Crippen LogP contribution in [0.25, 0.3) is 0 Å². The number of carbonyl (C=O) groups is 1. The molecule has 51 heavy (non-hydrogen) atoms. The first-order valence-corrected chi connectivity index (χ1v) is 19.9. The van der Waals surface area contributed by atoms with Crippen LogP contribution >= 0.6 is 11.3 Å². The fourth-order valence-corrected chi connectivity index (χ4v) is 12.4. The van der Waals surface area contributed by atoms with Crippen LogP contribution < -0.4 is 0 Å². The lowest BCUT2D eigenvalue weighted by Gasteiger charge is -2.71. The molecule has 8 heteroatoms. The molecule has 3 fully saturated rings. The molecule has 9 atom stereocenters. The first kappa shape index (κ1) is 35.2. The molecule has 3 aromatic rings. The van der Waals surface area contributed by atoms with Crippen molar-refractivity contribution in [2.75, 3.05) is 26.2 Å². The van der Waals surface area contributed by atoms with Crippen molar-refractivity contribution in [3.63, 3.8) is 0 Å². The van der Waals surface area contributed by atoms with E-state index < -0.39 is 28.6 Å². The van der Waals surface area contributed by atoms with Crippen LogP contribution in [0.3, 0.4) is 0 Å². The number of allylic oxidation sites excluding steroid dienone is 4. The lowest BCUT2D eigenvalue weighted by molar-refractivity contribution is -0.177. The van der Waals surface area contributed by atoms with Crippen molar-refractivity contribution < 1.29 is 29.3 Å². The zero-order valence-electron chi connectivity index (χ0n) is 30.0. The SMILES string of the molecule is C[C@]12CC[C@H]3[C@]4(C=C[C@@]5(C=C4C(=O)c4ccco4)CC(O)CC[C@]35C)[C@@H]1CC[C@@]2(O)CN(CCc1cccs1)C[C@@H](O)COCc1ccccc1. The maximum atomic E-state index is 14.5. The number of Topliss-reactive ketones (excluding diaryl/α,β-unsaturated/α-hetero) is 1. The molecule has 2 heterocycles. The van der Waals surface area contributed by atoms with Gasteiger partial charge in [0.2, 0.25) is 5.78 Å². The summed E-state index contributed by atoms with van der Waals surface area (Å²) in [6.45, 7) is 6.92. The molecule has 2 aromatic heterocycles. The summed E-state index contributed by atoms with van der Waals surface area (Å²) < 4.78 is 11.7. The summed E-state index contributed by atoms with van der Waals surface area (Å²) >= 11 is 1.74. The van der Waals surface area contributed by atoms with E-state index in [2.05, 4.69) is 54.5 Å². The van der Waals surface area contributed by atoms with Gasteiger partial charge in [-0.05, 0) is 97.8 Å². The van der Waals surface area contributed by atoms with E-state index >= 15 is 0 Å². The normalized spacial score (nSPS) is 37.1. The molecule has 0 aliphatic heterocycles. The van der Waals surface area contributed by atoms with Gasteiger partial charge in [-0.25, -0.2) is 0 Å². The lowest BCUT2D eigenvalue weighted by atomic mass is 9.32. The first-order valence-electron chi connectivity index (χ1n) is 19.0. The van der Waals surface area contributed by atoms with Crippen LogP contribution in [0.15, 0.2) is 94.5 Å². The van der Waals surface area contributed by atoms with Gasteiger partial charge in [0.25, 0.3) is 0 Å². The number of aliphatic hydroxyl groups is 3. The van der Waals surface area contributed by atoms with E-state index in [1.54, 1.807) is 29.7 Å². The van der Waals surface area contributed by atoms with Crippen molar-refractivity contribution in [3.05, 3.63) is 106 Å². The fraction of sp³-hybridized carbons (Fsp3) is 0.558. The van der Waals surface area contributed by atoms with Gasteiger partial charge in [0.05, 0.1) is 37.3 Å². The van der Waals surface area contributed by atoms with Gasteiger partial charge in [-0.15, -0.1) is 11.3 Å². The number of aliphatic hydroxyl groups excluding tert-OH is 2. The number of ether oxygens (including phenoxy) is 1. The van der Waals surface area contributed by atoms with E-state index in [1.807, 2.05) is 30.3 Å². The van der Waals surface area contributed by atoms with Crippen LogP contribution in [0.1, 0.15) is 79.8 Å². The Kier molecular flexibility index (Phi) is 9.12. The van der Waals surface area contributed by atoms with Gasteiger partial charge >= 0.3 is 0 Å². The summed E-state index contributed by atoms with van der Waals surface area (Å²) in [4.78, 5) is 18.1. The number of fused-ring (bicyclic) bond motifs is 1. The molecule has 3 saturated carbocycles. The molecule has 0 amide bonds. The Balaban J connectivity index is 1.09. The Morgan fingerprint density at radius 2 is 1.78 bits per heavy atom. The highest BCUT2D eigenvalue weighted by atomic mass is 32.1. The van der Waals surface area contributed by atoms with Crippen LogP contribution in [0, 0.1) is 33.5 Å². The predicted octanol–water partition coefficient (Wildman–Crippen LogP) is 7.24. The number of hydrogen-bond donors (Lipinski definition) is 3. The van der Waals surface area contributed by atoms with Crippen LogP contribution in [-0.2, 0) is 17.8 Å². The van der Waals surface area contributed by atoms with Crippen molar-refractivity contribution in [2.24, 2.45) is 33.5 Å². The molecular formula is C43H53NO6S. The predicted molar refractivity (Wildman–Crippen MR) is 198 cm³/mol. The molecule has 2 bridgehead atoms. The molecule has 0 saturated heterocycles. The van der Waals surface area contributed by atoms with Gasteiger partial charge in [-0.1, -0.05) is 68.5 Å². The molecule has 3 N–H and O–H groups in total. The molecular weight excluding hydrogens is 659 g/mol. The number of carbonyl (C=O) groups excluding carboxylic acids is 1. The van der Waals surface area contributed by atoms with E-state index in [9.17, 15) is 20.1 Å². The van der Waals surface area contributed by atoms with Gasteiger partial charge < -0.3 is 24.5 Å². The summed E-state index contributed by atoms with van der Waals surface area (Å²) in [5.41, 5.74) is -0.610. The summed E-state index contributed by atoms with van der Waals surface area (Å²) in [7, 11) is 0. The molecule has 0 radical (unpaired) electrons. The highest BCUT2D eigenvalue weighted by Crippen LogP contribution is 2.78. The molecule has 7 nitrogen and oxygen atoms in total. The van der Waals surface area contributed by atoms with Crippen LogP contribution in [0.2, 0.25) is 0 Å². The topological polar surface area (TPSA) is 103 Å². The fourth-order valence-electron chi connectivity index (χ4n) is 11.7. The minimum absolute atomic E-state index is 0.0513. The average Bonchev–Trinajstić information content (AvgIpc) is 3.90. The highest BCUT2D eigenvalue weighted by Gasteiger charge is 2.74. The number of thiophene rings is 1. The van der Waals surface area contributed by atoms with Gasteiger partial charge in [-0.2, -0.15) is 0 Å².